The topological polar surface area (TPSA) is 20.2 Å². The van der Waals surface area contributed by atoms with E-state index >= 15 is 0 Å². The van der Waals surface area contributed by atoms with E-state index < -0.39 is 5.60 Å². The monoisotopic (exact) mass is 352 g/mol. The van der Waals surface area contributed by atoms with E-state index in [0.29, 0.717) is 17.3 Å². The lowest BCUT2D eigenvalue weighted by molar-refractivity contribution is -0.0461. The molecule has 0 amide bonds. The van der Waals surface area contributed by atoms with E-state index in [1.165, 1.54) is 24.8 Å². The molecular weight excluding hydrogens is 304 g/mol. The van der Waals surface area contributed by atoms with Crippen LogP contribution in [0.5, 0.6) is 0 Å². The van der Waals surface area contributed by atoms with Crippen LogP contribution in [0.25, 0.3) is 0 Å². The van der Waals surface area contributed by atoms with Gasteiger partial charge in [0.05, 0.1) is 5.60 Å². The number of aliphatic hydroxyl groups is 1. The molecule has 0 aliphatic rings. The summed E-state index contributed by atoms with van der Waals surface area (Å²) >= 11 is 0. The molecule has 1 nitrogen and oxygen atoms in total. The fourth-order valence-corrected chi connectivity index (χ4v) is 5.49. The van der Waals surface area contributed by atoms with Gasteiger partial charge in [-0.3, -0.25) is 0 Å². The second kappa shape index (κ2) is 8.59. The molecule has 150 valence electrons. The second-order valence-electron chi connectivity index (χ2n) is 11.5. The Balaban J connectivity index is 5.98. The van der Waals surface area contributed by atoms with Gasteiger partial charge in [-0.25, -0.2) is 0 Å². The summed E-state index contributed by atoms with van der Waals surface area (Å²) in [5.41, 5.74) is 1.32. The van der Waals surface area contributed by atoms with Gasteiger partial charge < -0.3 is 5.11 Å². The van der Waals surface area contributed by atoms with E-state index in [1.807, 2.05) is 13.8 Å². The summed E-state index contributed by atoms with van der Waals surface area (Å²) in [7, 11) is 0. The van der Waals surface area contributed by atoms with Gasteiger partial charge >= 0.3 is 0 Å². The van der Waals surface area contributed by atoms with E-state index in [1.54, 1.807) is 0 Å². The molecule has 0 aliphatic heterocycles. The van der Waals surface area contributed by atoms with Crippen LogP contribution in [0.1, 0.15) is 108 Å². The molecule has 0 radical (unpaired) electrons. The fourth-order valence-electron chi connectivity index (χ4n) is 5.49. The molecule has 0 aromatic rings. The molecule has 0 aromatic carbocycles. The standard InChI is InChI=1S/C24H48O/c1-13-19(18(3)4)15-20(22(8,9)17-23(10,11)25)24(12,14-2)16-21(5,6)7/h19-20,25H,3,13-17H2,1-2,4-12H3. The average molecular weight is 353 g/mol. The number of hydrogen-bond acceptors (Lipinski definition) is 1. The Morgan fingerprint density at radius 3 is 1.68 bits per heavy atom. The Bertz CT molecular complexity index is 418. The van der Waals surface area contributed by atoms with Crippen molar-refractivity contribution in [2.24, 2.45) is 28.1 Å². The van der Waals surface area contributed by atoms with E-state index in [9.17, 15) is 5.11 Å². The van der Waals surface area contributed by atoms with Gasteiger partial charge in [0.1, 0.15) is 0 Å². The van der Waals surface area contributed by atoms with E-state index in [0.717, 1.165) is 12.8 Å². The first-order valence-corrected chi connectivity index (χ1v) is 10.3. The van der Waals surface area contributed by atoms with E-state index in [4.69, 9.17) is 0 Å². The zero-order chi connectivity index (χ0) is 20.3. The third-order valence-corrected chi connectivity index (χ3v) is 6.12. The predicted molar refractivity (Wildman–Crippen MR) is 114 cm³/mol. The lowest BCUT2D eigenvalue weighted by Gasteiger charge is -2.51. The highest BCUT2D eigenvalue weighted by Crippen LogP contribution is 2.54. The number of allylic oxidation sites excluding steroid dienone is 1. The van der Waals surface area contributed by atoms with Crippen LogP contribution in [0.15, 0.2) is 12.2 Å². The maximum atomic E-state index is 10.6. The average Bonchev–Trinajstić information content (AvgIpc) is 2.33. The van der Waals surface area contributed by atoms with Crippen molar-refractivity contribution in [1.82, 2.24) is 0 Å². The Kier molecular flexibility index (Phi) is 8.49. The van der Waals surface area contributed by atoms with Crippen molar-refractivity contribution >= 4 is 0 Å². The summed E-state index contributed by atoms with van der Waals surface area (Å²) in [6.07, 6.45) is 5.55. The third kappa shape index (κ3) is 8.29. The molecule has 0 aliphatic carbocycles. The van der Waals surface area contributed by atoms with Crippen LogP contribution in [0.4, 0.5) is 0 Å². The molecule has 3 unspecified atom stereocenters. The SMILES string of the molecule is C=C(C)C(CC)CC(C(C)(C)CC(C)(C)O)C(C)(CC)CC(C)(C)C. The van der Waals surface area contributed by atoms with Gasteiger partial charge in [0, 0.05) is 0 Å². The van der Waals surface area contributed by atoms with Crippen molar-refractivity contribution in [1.29, 1.82) is 0 Å². The summed E-state index contributed by atoms with van der Waals surface area (Å²) in [4.78, 5) is 0. The maximum Gasteiger partial charge on any atom is 0.0597 e. The van der Waals surface area contributed by atoms with Gasteiger partial charge in [-0.1, -0.05) is 74.0 Å². The molecule has 0 saturated carbocycles. The molecule has 1 N–H and O–H groups in total. The van der Waals surface area contributed by atoms with Crippen LogP contribution in [0.3, 0.4) is 0 Å². The summed E-state index contributed by atoms with van der Waals surface area (Å²) in [5, 5.41) is 10.6. The second-order valence-corrected chi connectivity index (χ2v) is 11.5. The van der Waals surface area contributed by atoms with E-state index in [2.05, 4.69) is 68.9 Å². The highest BCUT2D eigenvalue weighted by atomic mass is 16.3. The molecule has 3 atom stereocenters. The first-order chi connectivity index (χ1) is 11.0. The zero-order valence-corrected chi connectivity index (χ0v) is 19.3. The minimum absolute atomic E-state index is 0.0805. The first-order valence-electron chi connectivity index (χ1n) is 10.3. The van der Waals surface area contributed by atoms with Crippen molar-refractivity contribution in [2.45, 2.75) is 114 Å². The van der Waals surface area contributed by atoms with Gasteiger partial charge in [0.15, 0.2) is 0 Å². The smallest absolute Gasteiger partial charge is 0.0597 e. The minimum atomic E-state index is -0.636. The van der Waals surface area contributed by atoms with Crippen molar-refractivity contribution in [2.75, 3.05) is 0 Å². The van der Waals surface area contributed by atoms with Gasteiger partial charge in [-0.05, 0) is 74.5 Å². The predicted octanol–water partition coefficient (Wildman–Crippen LogP) is 7.63. The van der Waals surface area contributed by atoms with Crippen molar-refractivity contribution in [3.05, 3.63) is 12.2 Å². The third-order valence-electron chi connectivity index (χ3n) is 6.12. The quantitative estimate of drug-likeness (QED) is 0.400. The molecule has 0 rings (SSSR count). The van der Waals surface area contributed by atoms with Crippen molar-refractivity contribution in [3.8, 4) is 0 Å². The van der Waals surface area contributed by atoms with Gasteiger partial charge in [0.2, 0.25) is 0 Å². The number of rotatable bonds is 10. The van der Waals surface area contributed by atoms with Gasteiger partial charge in [-0.2, -0.15) is 0 Å². The Hall–Kier alpha value is -0.300. The summed E-state index contributed by atoms with van der Waals surface area (Å²) in [5.74, 6) is 1.12. The lowest BCUT2D eigenvalue weighted by atomic mass is 9.54. The largest absolute Gasteiger partial charge is 0.390 e. The number of hydrogen-bond donors (Lipinski definition) is 1. The highest BCUT2D eigenvalue weighted by Gasteiger charge is 2.46. The van der Waals surface area contributed by atoms with Crippen LogP contribution in [-0.4, -0.2) is 10.7 Å². The Labute approximate surface area is 159 Å². The summed E-state index contributed by atoms with van der Waals surface area (Å²) in [6, 6.07) is 0. The molecule has 0 saturated heterocycles. The Morgan fingerprint density at radius 2 is 1.40 bits per heavy atom. The van der Waals surface area contributed by atoms with Crippen LogP contribution < -0.4 is 0 Å². The molecule has 0 fully saturated rings. The van der Waals surface area contributed by atoms with E-state index in [-0.39, 0.29) is 10.8 Å². The summed E-state index contributed by atoms with van der Waals surface area (Å²) < 4.78 is 0. The first kappa shape index (κ1) is 24.7. The Morgan fingerprint density at radius 1 is 0.920 bits per heavy atom. The summed E-state index contributed by atoms with van der Waals surface area (Å²) in [6.45, 7) is 29.3. The van der Waals surface area contributed by atoms with Crippen molar-refractivity contribution < 1.29 is 5.11 Å². The molecule has 1 heteroatoms. The molecule has 0 bridgehead atoms. The molecule has 0 spiro atoms. The van der Waals surface area contributed by atoms with Crippen LogP contribution in [0.2, 0.25) is 0 Å². The molecule has 0 aromatic heterocycles. The van der Waals surface area contributed by atoms with Crippen molar-refractivity contribution in [3.63, 3.8) is 0 Å². The minimum Gasteiger partial charge on any atom is -0.390 e. The van der Waals surface area contributed by atoms with Crippen LogP contribution in [0, 0.1) is 28.1 Å². The molecule has 0 heterocycles. The van der Waals surface area contributed by atoms with Gasteiger partial charge in [-0.15, -0.1) is 0 Å². The highest BCUT2D eigenvalue weighted by molar-refractivity contribution is 5.02. The van der Waals surface area contributed by atoms with Crippen LogP contribution in [-0.2, 0) is 0 Å². The van der Waals surface area contributed by atoms with Gasteiger partial charge in [0.25, 0.3) is 0 Å². The lowest BCUT2D eigenvalue weighted by Crippen LogP contribution is -2.44. The normalized spacial score (nSPS) is 18.6. The zero-order valence-electron chi connectivity index (χ0n) is 19.3. The fraction of sp³-hybridized carbons (Fsp3) is 0.917. The van der Waals surface area contributed by atoms with Crippen LogP contribution >= 0.6 is 0 Å². The molecular formula is C24H48O. The maximum absolute atomic E-state index is 10.6. The molecule has 25 heavy (non-hydrogen) atoms.